The number of nitrogens with zero attached hydrogens (tertiary/aromatic N) is 1. The SMILES string of the molecule is CCO[C@@H]([C@H]1C[C@@H](C)[C@H]2[C@H](O1)[C@H](O)[C@@]1(C)[C@@H]3CC[C@H]4C(C)(C)[C@@H](O[C@H]5CN([C@@H](C)COC)CCO5)CC[C@@]45C[C@@]35CC[C@]21C)C(C)(C)O. The number of aliphatic hydroxyl groups is 2. The van der Waals surface area contributed by atoms with Crippen molar-refractivity contribution in [3.8, 4) is 0 Å². The molecule has 8 nitrogen and oxygen atoms in total. The van der Waals surface area contributed by atoms with E-state index in [2.05, 4.69) is 46.4 Å². The Bertz CT molecular complexity index is 1190. The summed E-state index contributed by atoms with van der Waals surface area (Å²) in [5.74, 6) is 1.82. The van der Waals surface area contributed by atoms with E-state index in [0.717, 1.165) is 39.0 Å². The topological polar surface area (TPSA) is 89.9 Å². The van der Waals surface area contributed by atoms with Gasteiger partial charge in [0.05, 0.1) is 43.2 Å². The molecule has 7 rings (SSSR count). The average Bonchev–Trinajstić information content (AvgIpc) is 3.65. The second-order valence-electron chi connectivity index (χ2n) is 19.3. The van der Waals surface area contributed by atoms with Gasteiger partial charge < -0.3 is 33.9 Å². The van der Waals surface area contributed by atoms with Crippen LogP contribution in [-0.2, 0) is 23.7 Å². The summed E-state index contributed by atoms with van der Waals surface area (Å²) in [4.78, 5) is 2.45. The molecule has 48 heavy (non-hydrogen) atoms. The molecule has 0 unspecified atom stereocenters. The molecule has 0 radical (unpaired) electrons. The van der Waals surface area contributed by atoms with Gasteiger partial charge in [-0.15, -0.1) is 0 Å². The maximum Gasteiger partial charge on any atom is 0.170 e. The quantitative estimate of drug-likeness (QED) is 0.305. The van der Waals surface area contributed by atoms with Crippen molar-refractivity contribution in [1.82, 2.24) is 4.90 Å². The van der Waals surface area contributed by atoms with E-state index in [0.29, 0.717) is 53.8 Å². The second kappa shape index (κ2) is 12.1. The molecule has 5 saturated carbocycles. The van der Waals surface area contributed by atoms with Crippen LogP contribution in [0.15, 0.2) is 0 Å². The van der Waals surface area contributed by atoms with Gasteiger partial charge in [-0.2, -0.15) is 0 Å². The summed E-state index contributed by atoms with van der Waals surface area (Å²) >= 11 is 0. The molecule has 2 aliphatic heterocycles. The highest BCUT2D eigenvalue weighted by atomic mass is 16.7. The third-order valence-corrected chi connectivity index (χ3v) is 16.6. The lowest BCUT2D eigenvalue weighted by atomic mass is 9.41. The average molecular weight is 676 g/mol. The van der Waals surface area contributed by atoms with E-state index in [4.69, 9.17) is 23.7 Å². The molecule has 2 heterocycles. The van der Waals surface area contributed by atoms with E-state index in [9.17, 15) is 10.2 Å². The van der Waals surface area contributed by atoms with Gasteiger partial charge in [-0.1, -0.05) is 34.6 Å². The van der Waals surface area contributed by atoms with Gasteiger partial charge in [0.1, 0.15) is 6.10 Å². The fourth-order valence-electron chi connectivity index (χ4n) is 14.3. The fraction of sp³-hybridized carbons (Fsp3) is 1.00. The van der Waals surface area contributed by atoms with Gasteiger partial charge in [-0.3, -0.25) is 4.90 Å². The van der Waals surface area contributed by atoms with Crippen LogP contribution in [0.3, 0.4) is 0 Å². The fourth-order valence-corrected chi connectivity index (χ4v) is 14.3. The number of hydrogen-bond acceptors (Lipinski definition) is 8. The molecule has 0 aromatic carbocycles. The highest BCUT2D eigenvalue weighted by Crippen LogP contribution is 2.89. The van der Waals surface area contributed by atoms with Crippen molar-refractivity contribution >= 4 is 0 Å². The normalized spacial score (nSPS) is 51.1. The number of hydrogen-bond donors (Lipinski definition) is 2. The van der Waals surface area contributed by atoms with Crippen LogP contribution in [-0.4, -0.2) is 104 Å². The Kier molecular flexibility index (Phi) is 9.10. The summed E-state index contributed by atoms with van der Waals surface area (Å²) in [6, 6.07) is 0.356. The number of rotatable bonds is 9. The molecule has 15 atom stereocenters. The summed E-state index contributed by atoms with van der Waals surface area (Å²) in [5, 5.41) is 23.7. The Morgan fingerprint density at radius 2 is 1.73 bits per heavy atom. The largest absolute Gasteiger partial charge is 0.390 e. The molecular formula is C40H69NO7. The van der Waals surface area contributed by atoms with Crippen molar-refractivity contribution in [2.75, 3.05) is 40.0 Å². The van der Waals surface area contributed by atoms with E-state index in [1.165, 1.54) is 32.1 Å². The van der Waals surface area contributed by atoms with Crippen LogP contribution in [0.1, 0.15) is 114 Å². The monoisotopic (exact) mass is 676 g/mol. The van der Waals surface area contributed by atoms with E-state index in [1.807, 2.05) is 20.8 Å². The van der Waals surface area contributed by atoms with Gasteiger partial charge in [-0.05, 0) is 124 Å². The van der Waals surface area contributed by atoms with Crippen molar-refractivity contribution in [3.63, 3.8) is 0 Å². The van der Waals surface area contributed by atoms with Gasteiger partial charge in [0.2, 0.25) is 0 Å². The van der Waals surface area contributed by atoms with E-state index in [-0.39, 0.29) is 40.8 Å². The molecule has 8 heteroatoms. The molecule has 7 fully saturated rings. The first-order chi connectivity index (χ1) is 22.5. The lowest BCUT2D eigenvalue weighted by molar-refractivity contribution is -0.251. The zero-order valence-corrected chi connectivity index (χ0v) is 31.9. The van der Waals surface area contributed by atoms with Crippen molar-refractivity contribution < 1.29 is 33.9 Å². The molecule has 7 aliphatic rings. The number of methoxy groups -OCH3 is 1. The minimum Gasteiger partial charge on any atom is -0.390 e. The molecule has 0 aromatic rings. The first-order valence-electron chi connectivity index (χ1n) is 19.7. The number of fused-ring (bicyclic) bond motifs is 4. The van der Waals surface area contributed by atoms with Crippen molar-refractivity contribution in [1.29, 1.82) is 0 Å². The molecule has 0 aromatic heterocycles. The van der Waals surface area contributed by atoms with Crippen LogP contribution in [0.25, 0.3) is 0 Å². The molecule has 276 valence electrons. The Morgan fingerprint density at radius 3 is 2.42 bits per heavy atom. The zero-order chi connectivity index (χ0) is 34.7. The summed E-state index contributed by atoms with van der Waals surface area (Å²) in [7, 11) is 1.78. The Morgan fingerprint density at radius 1 is 1.02 bits per heavy atom. The van der Waals surface area contributed by atoms with Crippen LogP contribution >= 0.6 is 0 Å². The van der Waals surface area contributed by atoms with Gasteiger partial charge in [-0.25, -0.2) is 0 Å². The molecular weight excluding hydrogens is 606 g/mol. The smallest absolute Gasteiger partial charge is 0.170 e. The lowest BCUT2D eigenvalue weighted by Crippen LogP contribution is -2.60. The Labute approximate surface area is 291 Å². The molecule has 5 aliphatic carbocycles. The van der Waals surface area contributed by atoms with E-state index >= 15 is 0 Å². The minimum absolute atomic E-state index is 0.0177. The Hall–Kier alpha value is -0.320. The van der Waals surface area contributed by atoms with Crippen LogP contribution in [0.5, 0.6) is 0 Å². The minimum atomic E-state index is -1.01. The summed E-state index contributed by atoms with van der Waals surface area (Å²) in [6.07, 6.45) is 7.95. The van der Waals surface area contributed by atoms with Crippen molar-refractivity contribution in [2.24, 2.45) is 50.7 Å². The van der Waals surface area contributed by atoms with Gasteiger partial charge >= 0.3 is 0 Å². The molecule has 2 N–H and O–H groups in total. The lowest BCUT2D eigenvalue weighted by Gasteiger charge is -2.64. The molecule has 2 spiro atoms. The number of aliphatic hydroxyl groups excluding tert-OH is 1. The first kappa shape index (κ1) is 36.1. The number of ether oxygens (including phenoxy) is 5. The van der Waals surface area contributed by atoms with Crippen molar-refractivity contribution in [2.45, 2.75) is 162 Å². The first-order valence-corrected chi connectivity index (χ1v) is 19.7. The predicted molar refractivity (Wildman–Crippen MR) is 185 cm³/mol. The third-order valence-electron chi connectivity index (χ3n) is 16.6. The van der Waals surface area contributed by atoms with Crippen LogP contribution in [0, 0.1) is 50.7 Å². The summed E-state index contributed by atoms with van der Waals surface area (Å²) in [5.41, 5.74) is -0.484. The summed E-state index contributed by atoms with van der Waals surface area (Å²) < 4.78 is 31.7. The maximum absolute atomic E-state index is 12.6. The standard InChI is InChI=1S/C40H69NO7/c1-11-45-34(36(6,7)43)26-20-24(2)31-32(47-26)33(42)38(9)28-13-12-27-35(4,5)29(48-30-21-41(18-19-46-30)25(3)22-44-10)14-15-39(27)23-40(28,39)17-16-37(31,38)8/h24-34,42-43H,11-23H2,1-10H3/t24-,25+,26-,27+,28+,29+,30+,31+,32+,33+,34+,37-,38-,39-,40+/m1/s1. The van der Waals surface area contributed by atoms with Gasteiger partial charge in [0, 0.05) is 38.3 Å². The Balaban J connectivity index is 1.11. The molecule has 2 saturated heterocycles. The second-order valence-corrected chi connectivity index (χ2v) is 19.3. The third kappa shape index (κ3) is 4.95. The molecule has 0 bridgehead atoms. The van der Waals surface area contributed by atoms with Gasteiger partial charge in [0.25, 0.3) is 0 Å². The van der Waals surface area contributed by atoms with Crippen LogP contribution in [0.4, 0.5) is 0 Å². The highest BCUT2D eigenvalue weighted by molar-refractivity contribution is 5.33. The van der Waals surface area contributed by atoms with E-state index in [1.54, 1.807) is 7.11 Å². The molecule has 0 amide bonds. The zero-order valence-electron chi connectivity index (χ0n) is 31.9. The van der Waals surface area contributed by atoms with Crippen LogP contribution in [0.2, 0.25) is 0 Å². The van der Waals surface area contributed by atoms with Crippen LogP contribution < -0.4 is 0 Å². The summed E-state index contributed by atoms with van der Waals surface area (Å²) in [6.45, 7) is 23.9. The predicted octanol–water partition coefficient (Wildman–Crippen LogP) is 6.05. The van der Waals surface area contributed by atoms with Gasteiger partial charge in [0.15, 0.2) is 6.29 Å². The van der Waals surface area contributed by atoms with E-state index < -0.39 is 17.8 Å². The van der Waals surface area contributed by atoms with Crippen molar-refractivity contribution in [3.05, 3.63) is 0 Å². The number of morpholine rings is 1. The maximum atomic E-state index is 12.6. The highest BCUT2D eigenvalue weighted by Gasteiger charge is 2.84.